The molecule has 0 N–H and O–H groups in total. The quantitative estimate of drug-likeness (QED) is 0.857. The largest absolute Gasteiger partial charge is 0.334 e. The van der Waals surface area contributed by atoms with Gasteiger partial charge in [0.15, 0.2) is 0 Å². The highest BCUT2D eigenvalue weighted by Crippen LogP contribution is 2.25. The van der Waals surface area contributed by atoms with Gasteiger partial charge in [-0.25, -0.2) is 9.67 Å². The Morgan fingerprint density at radius 3 is 2.57 bits per heavy atom. The van der Waals surface area contributed by atoms with E-state index in [0.717, 1.165) is 17.2 Å². The van der Waals surface area contributed by atoms with E-state index >= 15 is 0 Å². The molecular formula is C15H17ClN4O. The van der Waals surface area contributed by atoms with Crippen LogP contribution in [0.4, 0.5) is 0 Å². The summed E-state index contributed by atoms with van der Waals surface area (Å²) in [6, 6.07) is 5.59. The molecule has 1 aliphatic rings. The number of aromatic nitrogens is 3. The standard InChI is InChI=1S/C15H17ClN4O/c1-9-6-12(16)4-5-14(9)15(21)19-7-13(8-19)20-11(3)17-10(2)18-20/h4-6,13H,7-8H2,1-3H3. The predicted octanol–water partition coefficient (Wildman–Crippen LogP) is 2.55. The minimum atomic E-state index is 0.0508. The molecule has 1 aromatic carbocycles. The number of likely N-dealkylation sites (tertiary alicyclic amines) is 1. The summed E-state index contributed by atoms with van der Waals surface area (Å²) in [5.41, 5.74) is 1.62. The number of aryl methyl sites for hydroxylation is 3. The number of amides is 1. The molecule has 0 aliphatic carbocycles. The van der Waals surface area contributed by atoms with Crippen molar-refractivity contribution < 1.29 is 4.79 Å². The van der Waals surface area contributed by atoms with Gasteiger partial charge in [-0.15, -0.1) is 0 Å². The lowest BCUT2D eigenvalue weighted by atomic mass is 10.0. The van der Waals surface area contributed by atoms with Crippen LogP contribution in [0.25, 0.3) is 0 Å². The van der Waals surface area contributed by atoms with Gasteiger partial charge in [0.25, 0.3) is 5.91 Å². The van der Waals surface area contributed by atoms with Gasteiger partial charge in [0.1, 0.15) is 11.6 Å². The molecule has 1 saturated heterocycles. The first kappa shape index (κ1) is 14.1. The van der Waals surface area contributed by atoms with Crippen molar-refractivity contribution >= 4 is 17.5 Å². The highest BCUT2D eigenvalue weighted by molar-refractivity contribution is 6.30. The Morgan fingerprint density at radius 1 is 1.29 bits per heavy atom. The smallest absolute Gasteiger partial charge is 0.254 e. The molecule has 0 spiro atoms. The highest BCUT2D eigenvalue weighted by atomic mass is 35.5. The number of halogens is 1. The highest BCUT2D eigenvalue weighted by Gasteiger charge is 2.34. The van der Waals surface area contributed by atoms with Gasteiger partial charge in [-0.1, -0.05) is 11.6 Å². The van der Waals surface area contributed by atoms with Crippen molar-refractivity contribution in [2.45, 2.75) is 26.8 Å². The van der Waals surface area contributed by atoms with Gasteiger partial charge < -0.3 is 4.90 Å². The predicted molar refractivity (Wildman–Crippen MR) is 80.6 cm³/mol. The molecule has 1 fully saturated rings. The lowest BCUT2D eigenvalue weighted by Gasteiger charge is -2.39. The van der Waals surface area contributed by atoms with Crippen LogP contribution in [0.2, 0.25) is 5.02 Å². The SMILES string of the molecule is Cc1nc(C)n(C2CN(C(=O)c3ccc(Cl)cc3C)C2)n1. The second kappa shape index (κ2) is 5.15. The van der Waals surface area contributed by atoms with E-state index < -0.39 is 0 Å². The van der Waals surface area contributed by atoms with Crippen LogP contribution in [0, 0.1) is 20.8 Å². The molecule has 2 aromatic rings. The van der Waals surface area contributed by atoms with Crippen LogP contribution < -0.4 is 0 Å². The van der Waals surface area contributed by atoms with E-state index in [0.29, 0.717) is 23.7 Å². The van der Waals surface area contributed by atoms with Gasteiger partial charge in [-0.3, -0.25) is 4.79 Å². The molecular weight excluding hydrogens is 288 g/mol. The lowest BCUT2D eigenvalue weighted by Crippen LogP contribution is -2.51. The Labute approximate surface area is 128 Å². The average Bonchev–Trinajstić information content (AvgIpc) is 2.66. The van der Waals surface area contributed by atoms with Crippen LogP contribution >= 0.6 is 11.6 Å². The van der Waals surface area contributed by atoms with Crippen LogP contribution in [0.1, 0.15) is 33.6 Å². The summed E-state index contributed by atoms with van der Waals surface area (Å²) in [6.07, 6.45) is 0. The van der Waals surface area contributed by atoms with E-state index in [1.54, 1.807) is 12.1 Å². The van der Waals surface area contributed by atoms with Crippen molar-refractivity contribution in [3.63, 3.8) is 0 Å². The summed E-state index contributed by atoms with van der Waals surface area (Å²) < 4.78 is 1.91. The molecule has 0 unspecified atom stereocenters. The molecule has 1 aromatic heterocycles. The zero-order valence-corrected chi connectivity index (χ0v) is 13.1. The summed E-state index contributed by atoms with van der Waals surface area (Å²) in [4.78, 5) is 18.6. The third-order valence-corrected chi connectivity index (χ3v) is 4.06. The normalized spacial score (nSPS) is 15.1. The Balaban J connectivity index is 1.71. The average molecular weight is 305 g/mol. The summed E-state index contributed by atoms with van der Waals surface area (Å²) in [5.74, 6) is 1.72. The molecule has 1 aliphatic heterocycles. The minimum Gasteiger partial charge on any atom is -0.334 e. The van der Waals surface area contributed by atoms with Crippen LogP contribution in [0.15, 0.2) is 18.2 Å². The summed E-state index contributed by atoms with van der Waals surface area (Å²) in [7, 11) is 0. The van der Waals surface area contributed by atoms with Crippen LogP contribution in [0.3, 0.4) is 0 Å². The van der Waals surface area contributed by atoms with E-state index in [2.05, 4.69) is 10.1 Å². The van der Waals surface area contributed by atoms with E-state index in [1.165, 1.54) is 0 Å². The fourth-order valence-corrected chi connectivity index (χ4v) is 2.92. The maximum Gasteiger partial charge on any atom is 0.254 e. The number of carbonyl (C=O) groups is 1. The third kappa shape index (κ3) is 2.53. The van der Waals surface area contributed by atoms with E-state index in [-0.39, 0.29) is 11.9 Å². The second-order valence-corrected chi connectivity index (χ2v) is 5.91. The summed E-state index contributed by atoms with van der Waals surface area (Å²) >= 11 is 5.93. The zero-order chi connectivity index (χ0) is 15.1. The monoisotopic (exact) mass is 304 g/mol. The first-order valence-corrected chi connectivity index (χ1v) is 7.28. The van der Waals surface area contributed by atoms with E-state index in [9.17, 15) is 4.79 Å². The van der Waals surface area contributed by atoms with Crippen LogP contribution in [0.5, 0.6) is 0 Å². The zero-order valence-electron chi connectivity index (χ0n) is 12.3. The first-order valence-electron chi connectivity index (χ1n) is 6.91. The van der Waals surface area contributed by atoms with E-state index in [4.69, 9.17) is 11.6 Å². The van der Waals surface area contributed by atoms with Gasteiger partial charge in [0, 0.05) is 23.7 Å². The fraction of sp³-hybridized carbons (Fsp3) is 0.400. The molecule has 0 radical (unpaired) electrons. The molecule has 110 valence electrons. The van der Waals surface area contributed by atoms with Crippen LogP contribution in [-0.2, 0) is 0 Å². The molecule has 0 saturated carbocycles. The van der Waals surface area contributed by atoms with Crippen molar-refractivity contribution in [3.8, 4) is 0 Å². The first-order chi connectivity index (χ1) is 9.95. The Hall–Kier alpha value is -1.88. The number of benzene rings is 1. The van der Waals surface area contributed by atoms with Gasteiger partial charge in [-0.05, 0) is 44.5 Å². The second-order valence-electron chi connectivity index (χ2n) is 5.47. The summed E-state index contributed by atoms with van der Waals surface area (Å²) in [5, 5.41) is 5.03. The van der Waals surface area contributed by atoms with E-state index in [1.807, 2.05) is 36.4 Å². The lowest BCUT2D eigenvalue weighted by molar-refractivity contribution is 0.0496. The number of rotatable bonds is 2. The van der Waals surface area contributed by atoms with Crippen molar-refractivity contribution in [3.05, 3.63) is 46.0 Å². The molecule has 0 bridgehead atoms. The molecule has 21 heavy (non-hydrogen) atoms. The van der Waals surface area contributed by atoms with Gasteiger partial charge >= 0.3 is 0 Å². The molecule has 1 amide bonds. The Kier molecular flexibility index (Phi) is 3.45. The fourth-order valence-electron chi connectivity index (χ4n) is 2.70. The van der Waals surface area contributed by atoms with Gasteiger partial charge in [0.05, 0.1) is 6.04 Å². The summed E-state index contributed by atoms with van der Waals surface area (Å²) in [6.45, 7) is 7.06. The molecule has 0 atom stereocenters. The number of carbonyl (C=O) groups excluding carboxylic acids is 1. The minimum absolute atomic E-state index is 0.0508. The number of nitrogens with zero attached hydrogens (tertiary/aromatic N) is 4. The van der Waals surface area contributed by atoms with Gasteiger partial charge in [-0.2, -0.15) is 5.10 Å². The maximum absolute atomic E-state index is 12.5. The van der Waals surface area contributed by atoms with Crippen molar-refractivity contribution in [2.24, 2.45) is 0 Å². The number of hydrogen-bond donors (Lipinski definition) is 0. The topological polar surface area (TPSA) is 51.0 Å². The molecule has 5 nitrogen and oxygen atoms in total. The Morgan fingerprint density at radius 2 is 2.00 bits per heavy atom. The van der Waals surface area contributed by atoms with Crippen molar-refractivity contribution in [1.29, 1.82) is 0 Å². The van der Waals surface area contributed by atoms with Crippen molar-refractivity contribution in [1.82, 2.24) is 19.7 Å². The third-order valence-electron chi connectivity index (χ3n) is 3.82. The maximum atomic E-state index is 12.5. The molecule has 2 heterocycles. The Bertz CT molecular complexity index is 704. The molecule has 6 heteroatoms. The molecule has 3 rings (SSSR count). The van der Waals surface area contributed by atoms with Gasteiger partial charge in [0.2, 0.25) is 0 Å². The van der Waals surface area contributed by atoms with Crippen LogP contribution in [-0.4, -0.2) is 38.7 Å². The number of hydrogen-bond acceptors (Lipinski definition) is 3. The van der Waals surface area contributed by atoms with Crippen molar-refractivity contribution in [2.75, 3.05) is 13.1 Å².